The van der Waals surface area contributed by atoms with Gasteiger partial charge < -0.3 is 9.55 Å². The molecule has 1 aromatic carbocycles. The van der Waals surface area contributed by atoms with Crippen LogP contribution in [0.4, 0.5) is 13.2 Å². The molecule has 0 spiro atoms. The summed E-state index contributed by atoms with van der Waals surface area (Å²) in [7, 11) is 1.64. The summed E-state index contributed by atoms with van der Waals surface area (Å²) in [4.78, 5) is 23.8. The minimum absolute atomic E-state index is 0.145. The molecule has 4 heterocycles. The first-order valence-electron chi connectivity index (χ1n) is 11.0. The van der Waals surface area contributed by atoms with Gasteiger partial charge in [-0.15, -0.1) is 0 Å². The van der Waals surface area contributed by atoms with Crippen LogP contribution in [0.3, 0.4) is 0 Å². The van der Waals surface area contributed by atoms with E-state index in [-0.39, 0.29) is 17.3 Å². The minimum atomic E-state index is -4.49. The van der Waals surface area contributed by atoms with Gasteiger partial charge in [0.2, 0.25) is 0 Å². The number of nitrogens with one attached hydrogen (secondary N) is 1. The van der Waals surface area contributed by atoms with Gasteiger partial charge in [0, 0.05) is 36.6 Å². The average molecular weight is 488 g/mol. The molecule has 1 atom stereocenters. The lowest BCUT2D eigenvalue weighted by Gasteiger charge is -2.10. The smallest absolute Gasteiger partial charge is 0.336 e. The van der Waals surface area contributed by atoms with Gasteiger partial charge in [-0.1, -0.05) is 12.1 Å². The van der Waals surface area contributed by atoms with Gasteiger partial charge in [-0.25, -0.2) is 9.78 Å². The molecule has 0 amide bonds. The fourth-order valence-electron chi connectivity index (χ4n) is 4.05. The second-order valence-corrected chi connectivity index (χ2v) is 8.46. The number of aromatic amines is 1. The molecule has 5 rings (SSSR count). The van der Waals surface area contributed by atoms with E-state index in [9.17, 15) is 18.0 Å². The number of nitrogens with zero attached hydrogens (tertiary/aromatic N) is 5. The topological polar surface area (TPSA) is 92.3 Å². The summed E-state index contributed by atoms with van der Waals surface area (Å²) in [5, 5.41) is 9.49. The van der Waals surface area contributed by atoms with Crippen LogP contribution in [0.25, 0.3) is 39.2 Å². The summed E-state index contributed by atoms with van der Waals surface area (Å²) < 4.78 is 42.2. The maximum Gasteiger partial charge on any atom is 0.431 e. The van der Waals surface area contributed by atoms with Crippen LogP contribution in [-0.4, -0.2) is 24.1 Å². The Morgan fingerprint density at radius 2 is 1.81 bits per heavy atom. The van der Waals surface area contributed by atoms with Crippen molar-refractivity contribution in [3.63, 3.8) is 0 Å². The van der Waals surface area contributed by atoms with E-state index in [4.69, 9.17) is 5.26 Å². The van der Waals surface area contributed by atoms with E-state index in [1.54, 1.807) is 56.7 Å². The van der Waals surface area contributed by atoms with Gasteiger partial charge in [0.05, 0.1) is 29.1 Å². The van der Waals surface area contributed by atoms with Crippen LogP contribution in [0, 0.1) is 11.3 Å². The molecule has 0 aliphatic heterocycles. The summed E-state index contributed by atoms with van der Waals surface area (Å²) in [6.45, 7) is 1.80. The van der Waals surface area contributed by atoms with Crippen molar-refractivity contribution in [1.82, 2.24) is 24.1 Å². The Morgan fingerprint density at radius 1 is 1.06 bits per heavy atom. The highest BCUT2D eigenvalue weighted by Crippen LogP contribution is 2.32. The number of imidazole rings is 1. The Kier molecular flexibility index (Phi) is 5.48. The zero-order chi connectivity index (χ0) is 25.6. The first-order chi connectivity index (χ1) is 17.2. The zero-order valence-electron chi connectivity index (χ0n) is 19.2. The highest BCUT2D eigenvalue weighted by Gasteiger charge is 2.32. The van der Waals surface area contributed by atoms with Crippen LogP contribution in [0.2, 0.25) is 0 Å². The number of H-pyrrole nitrogens is 1. The summed E-state index contributed by atoms with van der Waals surface area (Å²) in [6, 6.07) is 15.5. The van der Waals surface area contributed by atoms with Crippen molar-refractivity contribution in [3.05, 3.63) is 88.9 Å². The Hall–Kier alpha value is -4.65. The van der Waals surface area contributed by atoms with Crippen LogP contribution in [0.15, 0.2) is 71.9 Å². The number of alkyl halides is 3. The molecular weight excluding hydrogens is 469 g/mol. The van der Waals surface area contributed by atoms with Crippen LogP contribution in [0.5, 0.6) is 0 Å². The minimum Gasteiger partial charge on any atom is -0.336 e. The van der Waals surface area contributed by atoms with Crippen molar-refractivity contribution >= 4 is 11.0 Å². The number of pyridine rings is 2. The van der Waals surface area contributed by atoms with Crippen molar-refractivity contribution in [2.45, 2.75) is 19.0 Å². The second-order valence-electron chi connectivity index (χ2n) is 8.46. The van der Waals surface area contributed by atoms with Gasteiger partial charge in [0.15, 0.2) is 0 Å². The maximum atomic E-state index is 13.1. The fraction of sp³-hybridized carbons (Fsp3) is 0.154. The zero-order valence-corrected chi connectivity index (χ0v) is 19.2. The molecule has 1 unspecified atom stereocenters. The lowest BCUT2D eigenvalue weighted by Crippen LogP contribution is -2.21. The van der Waals surface area contributed by atoms with Crippen LogP contribution in [-0.2, 0) is 13.2 Å². The lowest BCUT2D eigenvalue weighted by molar-refractivity contribution is -0.140. The highest BCUT2D eigenvalue weighted by molar-refractivity contribution is 5.83. The molecule has 0 saturated heterocycles. The second kappa shape index (κ2) is 8.53. The number of hydrogen-bond donors (Lipinski definition) is 1. The molecule has 7 nitrogen and oxygen atoms in total. The molecule has 5 aromatic rings. The molecule has 4 aromatic heterocycles. The van der Waals surface area contributed by atoms with Crippen LogP contribution >= 0.6 is 0 Å². The molecule has 0 aliphatic carbocycles. The number of benzene rings is 1. The number of rotatable bonds is 4. The van der Waals surface area contributed by atoms with Crippen molar-refractivity contribution in [1.29, 1.82) is 5.26 Å². The number of halogens is 3. The molecule has 0 radical (unpaired) electrons. The Labute approximate surface area is 203 Å². The molecule has 10 heteroatoms. The van der Waals surface area contributed by atoms with E-state index < -0.39 is 11.9 Å². The summed E-state index contributed by atoms with van der Waals surface area (Å²) in [5.74, 6) is -0.275. The molecule has 0 saturated carbocycles. The Morgan fingerprint density at radius 3 is 2.50 bits per heavy atom. The summed E-state index contributed by atoms with van der Waals surface area (Å²) in [5.41, 5.74) is 2.81. The van der Waals surface area contributed by atoms with Crippen molar-refractivity contribution in [3.8, 4) is 34.3 Å². The van der Waals surface area contributed by atoms with E-state index in [1.165, 1.54) is 15.3 Å². The number of nitriles is 1. The molecule has 0 aliphatic rings. The van der Waals surface area contributed by atoms with E-state index in [2.05, 4.69) is 21.0 Å². The maximum absolute atomic E-state index is 13.1. The largest absolute Gasteiger partial charge is 0.431 e. The molecule has 1 N–H and O–H groups in total. The third kappa shape index (κ3) is 4.05. The average Bonchev–Trinajstić information content (AvgIpc) is 3.44. The first-order valence-corrected chi connectivity index (χ1v) is 11.0. The Balaban J connectivity index is 1.57. The fourth-order valence-corrected chi connectivity index (χ4v) is 4.05. The van der Waals surface area contributed by atoms with Crippen molar-refractivity contribution in [2.75, 3.05) is 0 Å². The molecule has 0 fully saturated rings. The standard InChI is InChI=1S/C26H19F3N6O/c1-15(12-30)16-3-5-20(6-4-16)35-22(14-34(2)25(35)36)21-10-17(7-8-31-21)19-9-18-11-23(26(27,28)29)33-24(18)32-13-19/h3-11,13-15H,1-2H3,(H,32,33). The summed E-state index contributed by atoms with van der Waals surface area (Å²) >= 11 is 0. The normalized spacial score (nSPS) is 12.6. The Bertz CT molecular complexity index is 1690. The van der Waals surface area contributed by atoms with Gasteiger partial charge in [-0.2, -0.15) is 18.4 Å². The van der Waals surface area contributed by atoms with Crippen molar-refractivity contribution in [2.24, 2.45) is 7.05 Å². The van der Waals surface area contributed by atoms with E-state index in [0.717, 1.165) is 11.6 Å². The number of aryl methyl sites for hydroxylation is 1. The van der Waals surface area contributed by atoms with Gasteiger partial charge >= 0.3 is 11.9 Å². The lowest BCUT2D eigenvalue weighted by atomic mass is 10.0. The van der Waals surface area contributed by atoms with E-state index in [0.29, 0.717) is 33.6 Å². The van der Waals surface area contributed by atoms with Crippen LogP contribution < -0.4 is 5.69 Å². The molecule has 36 heavy (non-hydrogen) atoms. The molecular formula is C26H19F3N6O. The van der Waals surface area contributed by atoms with Crippen LogP contribution in [0.1, 0.15) is 24.1 Å². The van der Waals surface area contributed by atoms with Gasteiger partial charge in [0.25, 0.3) is 0 Å². The number of fused-ring (bicyclic) bond motifs is 1. The number of aromatic nitrogens is 5. The predicted octanol–water partition coefficient (Wildman–Crippen LogP) is 5.43. The van der Waals surface area contributed by atoms with E-state index >= 15 is 0 Å². The third-order valence-corrected chi connectivity index (χ3v) is 6.03. The van der Waals surface area contributed by atoms with Gasteiger partial charge in [0.1, 0.15) is 11.3 Å². The van der Waals surface area contributed by atoms with Gasteiger partial charge in [-0.3, -0.25) is 9.55 Å². The number of hydrogen-bond acceptors (Lipinski definition) is 4. The monoisotopic (exact) mass is 488 g/mol. The SMILES string of the molecule is CC(C#N)c1ccc(-n2c(-c3cc(-c4cnc5[nH]c(C(F)(F)F)cc5c4)ccn3)cn(C)c2=O)cc1. The molecule has 0 bridgehead atoms. The first kappa shape index (κ1) is 23.1. The highest BCUT2D eigenvalue weighted by atomic mass is 19.4. The van der Waals surface area contributed by atoms with Gasteiger partial charge in [-0.05, 0) is 54.4 Å². The summed E-state index contributed by atoms with van der Waals surface area (Å²) in [6.07, 6.45) is 0.244. The third-order valence-electron chi connectivity index (χ3n) is 6.03. The van der Waals surface area contributed by atoms with Crippen molar-refractivity contribution < 1.29 is 13.2 Å². The van der Waals surface area contributed by atoms with E-state index in [1.807, 2.05) is 12.1 Å². The predicted molar refractivity (Wildman–Crippen MR) is 128 cm³/mol. The molecule has 180 valence electrons. The quantitative estimate of drug-likeness (QED) is 0.365.